The third-order valence-corrected chi connectivity index (χ3v) is 3.72. The van der Waals surface area contributed by atoms with Crippen LogP contribution in [0.4, 0.5) is 4.79 Å². The van der Waals surface area contributed by atoms with E-state index < -0.39 is 6.03 Å². The van der Waals surface area contributed by atoms with Gasteiger partial charge in [0.1, 0.15) is 11.5 Å². The number of hydrogen-bond donors (Lipinski definition) is 3. The zero-order chi connectivity index (χ0) is 16.7. The minimum absolute atomic E-state index is 0.0272. The Morgan fingerprint density at radius 2 is 2.04 bits per heavy atom. The fourth-order valence-corrected chi connectivity index (χ4v) is 2.53. The van der Waals surface area contributed by atoms with E-state index in [2.05, 4.69) is 15.5 Å². The minimum Gasteiger partial charge on any atom is -0.465 e. The molecule has 4 N–H and O–H groups in total. The van der Waals surface area contributed by atoms with Gasteiger partial charge < -0.3 is 25.5 Å². The Balaban J connectivity index is 1.89. The number of nitrogens with two attached hydrogens (primary N) is 1. The predicted molar refractivity (Wildman–Crippen MR) is 83.8 cm³/mol. The molecule has 0 aliphatic carbocycles. The van der Waals surface area contributed by atoms with E-state index in [1.807, 2.05) is 19.1 Å². The van der Waals surface area contributed by atoms with Crippen LogP contribution in [0.3, 0.4) is 0 Å². The van der Waals surface area contributed by atoms with Crippen LogP contribution >= 0.6 is 0 Å². The second-order valence-electron chi connectivity index (χ2n) is 5.46. The number of carbonyl (C=O) groups is 2. The Morgan fingerprint density at radius 3 is 2.65 bits per heavy atom. The highest BCUT2D eigenvalue weighted by Gasteiger charge is 2.25. The molecule has 1 unspecified atom stereocenters. The van der Waals surface area contributed by atoms with Gasteiger partial charge in [-0.1, -0.05) is 0 Å². The molecule has 3 amide bonds. The van der Waals surface area contributed by atoms with Crippen LogP contribution in [0.1, 0.15) is 24.0 Å². The standard InChI is InChI=1S/C15H24N4O4/c1-11-2-3-13(23-11)12(19-6-8-22-9-7-19)10-18-14(20)4-5-17-15(16)21/h2-3,12H,4-10H2,1H3,(H,18,20)(H3,16,17,21). The van der Waals surface area contributed by atoms with Crippen LogP contribution in [0.2, 0.25) is 0 Å². The van der Waals surface area contributed by atoms with E-state index >= 15 is 0 Å². The second kappa shape index (κ2) is 8.54. The Kier molecular flexibility index (Phi) is 6.42. The van der Waals surface area contributed by atoms with E-state index in [9.17, 15) is 9.59 Å². The molecule has 23 heavy (non-hydrogen) atoms. The number of hydrogen-bond acceptors (Lipinski definition) is 5. The van der Waals surface area contributed by atoms with Crippen LogP contribution in [0.5, 0.6) is 0 Å². The lowest BCUT2D eigenvalue weighted by Crippen LogP contribution is -2.44. The first kappa shape index (κ1) is 17.3. The smallest absolute Gasteiger partial charge is 0.312 e. The fourth-order valence-electron chi connectivity index (χ4n) is 2.53. The number of carbonyl (C=O) groups excluding carboxylic acids is 2. The van der Waals surface area contributed by atoms with E-state index in [0.717, 1.165) is 24.6 Å². The summed E-state index contributed by atoms with van der Waals surface area (Å²) in [6.45, 7) is 5.51. The number of ether oxygens (including phenoxy) is 1. The first-order valence-electron chi connectivity index (χ1n) is 7.74. The molecule has 1 aliphatic heterocycles. The number of aryl methyl sites for hydroxylation is 1. The van der Waals surface area contributed by atoms with Gasteiger partial charge in [-0.25, -0.2) is 4.79 Å². The summed E-state index contributed by atoms with van der Waals surface area (Å²) >= 11 is 0. The number of morpholine rings is 1. The van der Waals surface area contributed by atoms with Crippen molar-refractivity contribution in [2.24, 2.45) is 5.73 Å². The molecule has 0 saturated carbocycles. The quantitative estimate of drug-likeness (QED) is 0.661. The molecule has 2 rings (SSSR count). The van der Waals surface area contributed by atoms with Crippen LogP contribution in [-0.2, 0) is 9.53 Å². The monoisotopic (exact) mass is 324 g/mol. The van der Waals surface area contributed by atoms with Gasteiger partial charge in [-0.05, 0) is 19.1 Å². The lowest BCUT2D eigenvalue weighted by atomic mass is 10.1. The fraction of sp³-hybridized carbons (Fsp3) is 0.600. The summed E-state index contributed by atoms with van der Waals surface area (Å²) < 4.78 is 11.1. The maximum absolute atomic E-state index is 11.9. The summed E-state index contributed by atoms with van der Waals surface area (Å²) in [6.07, 6.45) is 0.190. The SMILES string of the molecule is Cc1ccc(C(CNC(=O)CCNC(N)=O)N2CCOCC2)o1. The van der Waals surface area contributed by atoms with Crippen molar-refractivity contribution in [2.45, 2.75) is 19.4 Å². The van der Waals surface area contributed by atoms with E-state index in [-0.39, 0.29) is 24.9 Å². The molecule has 1 saturated heterocycles. The average molecular weight is 324 g/mol. The van der Waals surface area contributed by atoms with Gasteiger partial charge in [-0.2, -0.15) is 0 Å². The summed E-state index contributed by atoms with van der Waals surface area (Å²) in [5.74, 6) is 1.54. The van der Waals surface area contributed by atoms with Crippen molar-refractivity contribution in [3.8, 4) is 0 Å². The molecule has 8 heteroatoms. The molecule has 0 radical (unpaired) electrons. The number of nitrogens with zero attached hydrogens (tertiary/aromatic N) is 1. The number of rotatable bonds is 7. The van der Waals surface area contributed by atoms with Crippen molar-refractivity contribution in [3.63, 3.8) is 0 Å². The molecule has 1 aliphatic rings. The Labute approximate surface area is 135 Å². The maximum Gasteiger partial charge on any atom is 0.312 e. The first-order valence-corrected chi connectivity index (χ1v) is 7.74. The van der Waals surface area contributed by atoms with Gasteiger partial charge in [0.15, 0.2) is 0 Å². The topological polar surface area (TPSA) is 110 Å². The van der Waals surface area contributed by atoms with E-state index in [4.69, 9.17) is 14.9 Å². The van der Waals surface area contributed by atoms with Crippen molar-refractivity contribution < 1.29 is 18.7 Å². The molecule has 8 nitrogen and oxygen atoms in total. The summed E-state index contributed by atoms with van der Waals surface area (Å²) in [5, 5.41) is 5.28. The van der Waals surface area contributed by atoms with Gasteiger partial charge in [0.2, 0.25) is 5.91 Å². The van der Waals surface area contributed by atoms with Crippen molar-refractivity contribution >= 4 is 11.9 Å². The number of amides is 3. The van der Waals surface area contributed by atoms with Crippen LogP contribution in [0.25, 0.3) is 0 Å². The summed E-state index contributed by atoms with van der Waals surface area (Å²) in [7, 11) is 0. The number of primary amides is 1. The molecule has 1 aromatic rings. The molecule has 1 fully saturated rings. The molecule has 2 heterocycles. The van der Waals surface area contributed by atoms with Crippen LogP contribution in [-0.4, -0.2) is 56.2 Å². The molecule has 128 valence electrons. The van der Waals surface area contributed by atoms with Gasteiger partial charge in [0.05, 0.1) is 19.3 Å². The van der Waals surface area contributed by atoms with E-state index in [1.54, 1.807) is 0 Å². The number of urea groups is 1. The normalized spacial score (nSPS) is 16.7. The zero-order valence-corrected chi connectivity index (χ0v) is 13.3. The number of nitrogens with one attached hydrogen (secondary N) is 2. The Hall–Kier alpha value is -2.06. The predicted octanol–water partition coefficient (Wildman–Crippen LogP) is 0.136. The highest BCUT2D eigenvalue weighted by molar-refractivity contribution is 5.77. The Bertz CT molecular complexity index is 525. The molecule has 1 aromatic heterocycles. The third-order valence-electron chi connectivity index (χ3n) is 3.72. The molecular weight excluding hydrogens is 300 g/mol. The minimum atomic E-state index is -0.630. The summed E-state index contributed by atoms with van der Waals surface area (Å²) in [4.78, 5) is 24.7. The van der Waals surface area contributed by atoms with Crippen molar-refractivity contribution in [1.29, 1.82) is 0 Å². The second-order valence-corrected chi connectivity index (χ2v) is 5.46. The lowest BCUT2D eigenvalue weighted by molar-refractivity contribution is -0.121. The van der Waals surface area contributed by atoms with Gasteiger partial charge in [-0.15, -0.1) is 0 Å². The Morgan fingerprint density at radius 1 is 1.30 bits per heavy atom. The summed E-state index contributed by atoms with van der Waals surface area (Å²) in [5.41, 5.74) is 4.96. The van der Waals surface area contributed by atoms with Crippen LogP contribution in [0.15, 0.2) is 16.5 Å². The van der Waals surface area contributed by atoms with Gasteiger partial charge in [0, 0.05) is 32.6 Å². The van der Waals surface area contributed by atoms with Crippen molar-refractivity contribution in [3.05, 3.63) is 23.7 Å². The average Bonchev–Trinajstić information content (AvgIpc) is 2.94. The first-order chi connectivity index (χ1) is 11.1. The van der Waals surface area contributed by atoms with Crippen molar-refractivity contribution in [2.75, 3.05) is 39.4 Å². The number of furan rings is 1. The highest BCUT2D eigenvalue weighted by atomic mass is 16.5. The molecule has 0 aromatic carbocycles. The molecular formula is C15H24N4O4. The van der Waals surface area contributed by atoms with Crippen LogP contribution in [0, 0.1) is 6.92 Å². The zero-order valence-electron chi connectivity index (χ0n) is 13.3. The summed E-state index contributed by atoms with van der Waals surface area (Å²) in [6, 6.07) is 3.20. The van der Waals surface area contributed by atoms with Crippen LogP contribution < -0.4 is 16.4 Å². The van der Waals surface area contributed by atoms with Gasteiger partial charge in [0.25, 0.3) is 0 Å². The largest absolute Gasteiger partial charge is 0.465 e. The molecule has 0 bridgehead atoms. The van der Waals surface area contributed by atoms with Gasteiger partial charge in [-0.3, -0.25) is 9.69 Å². The van der Waals surface area contributed by atoms with E-state index in [0.29, 0.717) is 19.8 Å². The molecule has 1 atom stereocenters. The van der Waals surface area contributed by atoms with E-state index in [1.165, 1.54) is 0 Å². The maximum atomic E-state index is 11.9. The lowest BCUT2D eigenvalue weighted by Gasteiger charge is -2.33. The molecule has 0 spiro atoms. The van der Waals surface area contributed by atoms with Gasteiger partial charge >= 0.3 is 6.03 Å². The highest BCUT2D eigenvalue weighted by Crippen LogP contribution is 2.23. The third kappa shape index (κ3) is 5.57. The van der Waals surface area contributed by atoms with Crippen molar-refractivity contribution in [1.82, 2.24) is 15.5 Å².